The molecule has 28 heavy (non-hydrogen) atoms. The molecule has 0 aliphatic rings. The van der Waals surface area contributed by atoms with Crippen molar-refractivity contribution < 1.29 is 9.18 Å². The Bertz CT molecular complexity index is 936. The molecule has 146 valence electrons. The van der Waals surface area contributed by atoms with E-state index in [1.165, 1.54) is 35.2 Å². The van der Waals surface area contributed by atoms with Crippen molar-refractivity contribution >= 4 is 45.7 Å². The highest BCUT2D eigenvalue weighted by atomic mass is 35.5. The first-order chi connectivity index (χ1) is 13.5. The van der Waals surface area contributed by atoms with Crippen LogP contribution in [0.2, 0.25) is 5.02 Å². The molecule has 3 rings (SSSR count). The van der Waals surface area contributed by atoms with E-state index < -0.39 is 0 Å². The maximum atomic E-state index is 12.9. The fourth-order valence-corrected chi connectivity index (χ4v) is 4.40. The van der Waals surface area contributed by atoms with E-state index in [1.54, 1.807) is 18.2 Å². The Labute approximate surface area is 175 Å². The Morgan fingerprint density at radius 1 is 1.18 bits per heavy atom. The Balaban J connectivity index is 1.47. The molecule has 0 aliphatic heterocycles. The molecule has 3 aromatic rings. The number of nitrogens with zero attached hydrogens (tertiary/aromatic N) is 2. The molecule has 0 radical (unpaired) electrons. The van der Waals surface area contributed by atoms with Crippen LogP contribution in [0.4, 0.5) is 9.52 Å². The zero-order valence-electron chi connectivity index (χ0n) is 15.0. The number of halogens is 2. The molecule has 9 heteroatoms. The zero-order valence-corrected chi connectivity index (χ0v) is 17.4. The number of amides is 1. The van der Waals surface area contributed by atoms with E-state index >= 15 is 0 Å². The van der Waals surface area contributed by atoms with E-state index in [0.717, 1.165) is 11.1 Å². The van der Waals surface area contributed by atoms with Crippen molar-refractivity contribution in [2.45, 2.75) is 29.6 Å². The van der Waals surface area contributed by atoms with Gasteiger partial charge in [-0.1, -0.05) is 65.0 Å². The molecule has 0 bridgehead atoms. The summed E-state index contributed by atoms with van der Waals surface area (Å²) in [5.41, 5.74) is 1.82. The fourth-order valence-electron chi connectivity index (χ4n) is 2.28. The van der Waals surface area contributed by atoms with Crippen LogP contribution in [0.3, 0.4) is 0 Å². The van der Waals surface area contributed by atoms with Crippen LogP contribution in [-0.2, 0) is 17.9 Å². The topological polar surface area (TPSA) is 66.9 Å². The third-order valence-electron chi connectivity index (χ3n) is 3.82. The van der Waals surface area contributed by atoms with Crippen molar-refractivity contribution in [3.63, 3.8) is 0 Å². The molecular formula is C19H18ClFN4OS2. The van der Waals surface area contributed by atoms with Crippen LogP contribution < -0.4 is 10.6 Å². The molecule has 2 N–H and O–H groups in total. The number of benzene rings is 2. The molecule has 0 fully saturated rings. The second kappa shape index (κ2) is 9.86. The first-order valence-electron chi connectivity index (χ1n) is 8.51. The lowest BCUT2D eigenvalue weighted by Gasteiger charge is -2.11. The van der Waals surface area contributed by atoms with Crippen molar-refractivity contribution in [1.82, 2.24) is 15.5 Å². The predicted octanol–water partition coefficient (Wildman–Crippen LogP) is 4.74. The number of hydrogen-bond donors (Lipinski definition) is 2. The highest BCUT2D eigenvalue weighted by molar-refractivity contribution is 8.02. The van der Waals surface area contributed by atoms with Gasteiger partial charge in [-0.2, -0.15) is 0 Å². The number of thioether (sulfide) groups is 1. The Kier molecular flexibility index (Phi) is 7.24. The van der Waals surface area contributed by atoms with Gasteiger partial charge in [0.2, 0.25) is 11.0 Å². The van der Waals surface area contributed by atoms with Gasteiger partial charge in [-0.05, 0) is 36.2 Å². The maximum absolute atomic E-state index is 12.9. The van der Waals surface area contributed by atoms with Crippen molar-refractivity contribution in [3.8, 4) is 0 Å². The van der Waals surface area contributed by atoms with Gasteiger partial charge in [0.25, 0.3) is 0 Å². The number of aromatic nitrogens is 2. The SMILES string of the molecule is CC(Sc1nnc(NCc2ccc(F)cc2)s1)C(=O)NCc1ccccc1Cl. The van der Waals surface area contributed by atoms with Crippen LogP contribution in [-0.4, -0.2) is 21.4 Å². The average molecular weight is 437 g/mol. The van der Waals surface area contributed by atoms with Gasteiger partial charge in [0.1, 0.15) is 5.82 Å². The van der Waals surface area contributed by atoms with Crippen LogP contribution in [0, 0.1) is 5.82 Å². The molecule has 0 saturated heterocycles. The summed E-state index contributed by atoms with van der Waals surface area (Å²) in [6.07, 6.45) is 0. The molecule has 1 atom stereocenters. The first-order valence-corrected chi connectivity index (χ1v) is 10.6. The van der Waals surface area contributed by atoms with Crippen molar-refractivity contribution in [3.05, 3.63) is 70.5 Å². The van der Waals surface area contributed by atoms with Crippen molar-refractivity contribution in [1.29, 1.82) is 0 Å². The second-order valence-electron chi connectivity index (χ2n) is 5.92. The van der Waals surface area contributed by atoms with Crippen LogP contribution >= 0.6 is 34.7 Å². The monoisotopic (exact) mass is 436 g/mol. The van der Waals surface area contributed by atoms with Crippen LogP contribution in [0.5, 0.6) is 0 Å². The van der Waals surface area contributed by atoms with Crippen molar-refractivity contribution in [2.24, 2.45) is 0 Å². The summed E-state index contributed by atoms with van der Waals surface area (Å²) in [6.45, 7) is 2.72. The summed E-state index contributed by atoms with van der Waals surface area (Å²) in [7, 11) is 0. The number of hydrogen-bond acceptors (Lipinski definition) is 6. The molecule has 0 saturated carbocycles. The van der Waals surface area contributed by atoms with Gasteiger partial charge >= 0.3 is 0 Å². The minimum Gasteiger partial charge on any atom is -0.356 e. The summed E-state index contributed by atoms with van der Waals surface area (Å²) >= 11 is 8.82. The molecule has 5 nitrogen and oxygen atoms in total. The fraction of sp³-hybridized carbons (Fsp3) is 0.211. The lowest BCUT2D eigenvalue weighted by atomic mass is 10.2. The van der Waals surface area contributed by atoms with E-state index in [0.29, 0.717) is 27.6 Å². The molecule has 1 unspecified atom stereocenters. The van der Waals surface area contributed by atoms with E-state index in [4.69, 9.17) is 11.6 Å². The maximum Gasteiger partial charge on any atom is 0.233 e. The molecule has 0 aliphatic carbocycles. The zero-order chi connectivity index (χ0) is 19.9. The molecule has 1 heterocycles. The molecular weight excluding hydrogens is 419 g/mol. The third kappa shape index (κ3) is 5.92. The minimum absolute atomic E-state index is 0.0964. The highest BCUT2D eigenvalue weighted by Crippen LogP contribution is 2.29. The van der Waals surface area contributed by atoms with Gasteiger partial charge in [0.05, 0.1) is 5.25 Å². The Morgan fingerprint density at radius 2 is 1.93 bits per heavy atom. The normalized spacial score (nSPS) is 11.8. The lowest BCUT2D eigenvalue weighted by molar-refractivity contribution is -0.120. The highest BCUT2D eigenvalue weighted by Gasteiger charge is 2.17. The third-order valence-corrected chi connectivity index (χ3v) is 6.26. The first kappa shape index (κ1) is 20.6. The standard InChI is InChI=1S/C19H18ClFN4OS2/c1-12(17(26)22-11-14-4-2-3-5-16(14)20)27-19-25-24-18(28-19)23-10-13-6-8-15(21)9-7-13/h2-9,12H,10-11H2,1H3,(H,22,26)(H,23,24). The smallest absolute Gasteiger partial charge is 0.233 e. The molecule has 1 amide bonds. The average Bonchev–Trinajstić information content (AvgIpc) is 3.14. The number of carbonyl (C=O) groups is 1. The van der Waals surface area contributed by atoms with Gasteiger partial charge in [-0.25, -0.2) is 4.39 Å². The van der Waals surface area contributed by atoms with Crippen LogP contribution in [0.15, 0.2) is 52.9 Å². The largest absolute Gasteiger partial charge is 0.356 e. The predicted molar refractivity (Wildman–Crippen MR) is 112 cm³/mol. The van der Waals surface area contributed by atoms with E-state index in [2.05, 4.69) is 20.8 Å². The van der Waals surface area contributed by atoms with E-state index in [1.807, 2.05) is 25.1 Å². The van der Waals surface area contributed by atoms with Gasteiger partial charge in [-0.15, -0.1) is 10.2 Å². The van der Waals surface area contributed by atoms with Crippen LogP contribution in [0.1, 0.15) is 18.1 Å². The summed E-state index contributed by atoms with van der Waals surface area (Å²) < 4.78 is 13.6. The summed E-state index contributed by atoms with van der Waals surface area (Å²) in [5, 5.41) is 15.2. The number of carbonyl (C=O) groups excluding carboxylic acids is 1. The Morgan fingerprint density at radius 3 is 2.68 bits per heavy atom. The Hall–Kier alpha value is -2.16. The number of anilines is 1. The minimum atomic E-state index is -0.319. The number of nitrogens with one attached hydrogen (secondary N) is 2. The molecule has 1 aromatic heterocycles. The van der Waals surface area contributed by atoms with Crippen molar-refractivity contribution in [2.75, 3.05) is 5.32 Å². The van der Waals surface area contributed by atoms with E-state index in [9.17, 15) is 9.18 Å². The summed E-state index contributed by atoms with van der Waals surface area (Å²) in [6, 6.07) is 13.7. The van der Waals surface area contributed by atoms with E-state index in [-0.39, 0.29) is 17.0 Å². The molecule has 0 spiro atoms. The quantitative estimate of drug-likeness (QED) is 0.499. The summed E-state index contributed by atoms with van der Waals surface area (Å²) in [5.74, 6) is -0.360. The van der Waals surface area contributed by atoms with Gasteiger partial charge < -0.3 is 10.6 Å². The molecule has 2 aromatic carbocycles. The van der Waals surface area contributed by atoms with Gasteiger partial charge in [-0.3, -0.25) is 4.79 Å². The van der Waals surface area contributed by atoms with Crippen LogP contribution in [0.25, 0.3) is 0 Å². The van der Waals surface area contributed by atoms with Gasteiger partial charge in [0, 0.05) is 18.1 Å². The number of rotatable bonds is 8. The lowest BCUT2D eigenvalue weighted by Crippen LogP contribution is -2.30. The second-order valence-corrected chi connectivity index (χ2v) is 8.90. The van der Waals surface area contributed by atoms with Gasteiger partial charge in [0.15, 0.2) is 4.34 Å². The summed E-state index contributed by atoms with van der Waals surface area (Å²) in [4.78, 5) is 12.3.